The number of amides is 1. The number of primary amides is 1. The Hall–Kier alpha value is -0.580. The van der Waals surface area contributed by atoms with E-state index in [-0.39, 0.29) is 5.91 Å². The molecule has 0 spiro atoms. The van der Waals surface area contributed by atoms with Crippen molar-refractivity contribution in [3.8, 4) is 0 Å². The van der Waals surface area contributed by atoms with Crippen LogP contribution in [-0.2, 0) is 11.3 Å². The predicted molar refractivity (Wildman–Crippen MR) is 59.5 cm³/mol. The highest BCUT2D eigenvalue weighted by atomic mass is 35.5. The lowest BCUT2D eigenvalue weighted by atomic mass is 10.3. The molecule has 0 fully saturated rings. The number of halogens is 1. The second-order valence-electron chi connectivity index (χ2n) is 2.95. The summed E-state index contributed by atoms with van der Waals surface area (Å²) in [7, 11) is 0. The van der Waals surface area contributed by atoms with Crippen LogP contribution in [0, 0.1) is 0 Å². The highest BCUT2D eigenvalue weighted by Gasteiger charge is 1.97. The molecular weight excluding hydrogens is 220 g/mol. The van der Waals surface area contributed by atoms with Gasteiger partial charge in [0.05, 0.1) is 4.34 Å². The largest absolute Gasteiger partial charge is 0.370 e. The Balaban J connectivity index is 2.07. The molecule has 0 aliphatic carbocycles. The third kappa shape index (κ3) is 4.60. The highest BCUT2D eigenvalue weighted by Crippen LogP contribution is 2.20. The summed E-state index contributed by atoms with van der Waals surface area (Å²) in [4.78, 5) is 11.6. The maximum absolute atomic E-state index is 10.4. The van der Waals surface area contributed by atoms with E-state index in [0.717, 1.165) is 23.8 Å². The van der Waals surface area contributed by atoms with E-state index in [1.165, 1.54) is 4.88 Å². The van der Waals surface area contributed by atoms with Gasteiger partial charge < -0.3 is 11.1 Å². The van der Waals surface area contributed by atoms with Crippen LogP contribution in [0.1, 0.15) is 17.7 Å². The molecule has 3 nitrogen and oxygen atoms in total. The number of hydrogen-bond acceptors (Lipinski definition) is 3. The van der Waals surface area contributed by atoms with Gasteiger partial charge in [0.2, 0.25) is 5.91 Å². The monoisotopic (exact) mass is 232 g/mol. The number of nitrogens with two attached hydrogens (primary N) is 1. The van der Waals surface area contributed by atoms with E-state index in [0.29, 0.717) is 6.42 Å². The van der Waals surface area contributed by atoms with Crippen molar-refractivity contribution in [1.29, 1.82) is 0 Å². The van der Waals surface area contributed by atoms with Crippen LogP contribution in [0.15, 0.2) is 12.1 Å². The van der Waals surface area contributed by atoms with Crippen LogP contribution < -0.4 is 11.1 Å². The minimum Gasteiger partial charge on any atom is -0.370 e. The quantitative estimate of drug-likeness (QED) is 0.735. The van der Waals surface area contributed by atoms with Crippen molar-refractivity contribution in [2.24, 2.45) is 5.73 Å². The van der Waals surface area contributed by atoms with E-state index in [1.807, 2.05) is 12.1 Å². The molecule has 0 bridgehead atoms. The van der Waals surface area contributed by atoms with Crippen molar-refractivity contribution in [1.82, 2.24) is 5.32 Å². The highest BCUT2D eigenvalue weighted by molar-refractivity contribution is 7.16. The summed E-state index contributed by atoms with van der Waals surface area (Å²) in [5.74, 6) is -0.244. The summed E-state index contributed by atoms with van der Waals surface area (Å²) in [6.07, 6.45) is 1.23. The van der Waals surface area contributed by atoms with Gasteiger partial charge in [-0.2, -0.15) is 0 Å². The van der Waals surface area contributed by atoms with Crippen LogP contribution in [0.2, 0.25) is 4.34 Å². The van der Waals surface area contributed by atoms with Crippen molar-refractivity contribution in [3.05, 3.63) is 21.3 Å². The van der Waals surface area contributed by atoms with Crippen LogP contribution in [0.25, 0.3) is 0 Å². The molecule has 0 radical (unpaired) electrons. The normalized spacial score (nSPS) is 10.4. The zero-order chi connectivity index (χ0) is 10.4. The Labute approximate surface area is 92.3 Å². The molecule has 3 N–H and O–H groups in total. The van der Waals surface area contributed by atoms with Crippen LogP contribution in [0.5, 0.6) is 0 Å². The second kappa shape index (κ2) is 6.01. The van der Waals surface area contributed by atoms with Gasteiger partial charge in [-0.3, -0.25) is 4.79 Å². The van der Waals surface area contributed by atoms with Gasteiger partial charge in [0.25, 0.3) is 0 Å². The fraction of sp³-hybridized carbons (Fsp3) is 0.444. The van der Waals surface area contributed by atoms with E-state index in [9.17, 15) is 4.79 Å². The number of thiophene rings is 1. The van der Waals surface area contributed by atoms with Gasteiger partial charge in [-0.1, -0.05) is 11.6 Å². The molecule has 0 unspecified atom stereocenters. The Morgan fingerprint density at radius 1 is 1.57 bits per heavy atom. The summed E-state index contributed by atoms with van der Waals surface area (Å²) < 4.78 is 0.805. The van der Waals surface area contributed by atoms with Crippen molar-refractivity contribution in [2.45, 2.75) is 19.4 Å². The van der Waals surface area contributed by atoms with E-state index < -0.39 is 0 Å². The molecule has 78 valence electrons. The number of hydrogen-bond donors (Lipinski definition) is 2. The molecule has 0 aliphatic rings. The fourth-order valence-electron chi connectivity index (χ4n) is 1.05. The summed E-state index contributed by atoms with van der Waals surface area (Å²) in [6.45, 7) is 1.61. The maximum Gasteiger partial charge on any atom is 0.217 e. The van der Waals surface area contributed by atoms with E-state index in [2.05, 4.69) is 5.32 Å². The third-order valence-electron chi connectivity index (χ3n) is 1.70. The van der Waals surface area contributed by atoms with E-state index >= 15 is 0 Å². The van der Waals surface area contributed by atoms with Crippen LogP contribution in [0.4, 0.5) is 0 Å². The standard InChI is InChI=1S/C9H13ClN2OS/c10-8-4-3-7(14-8)6-12-5-1-2-9(11)13/h3-4,12H,1-2,5-6H2,(H2,11,13). The van der Waals surface area contributed by atoms with Gasteiger partial charge in [0, 0.05) is 17.8 Å². The summed E-state index contributed by atoms with van der Waals surface area (Å²) >= 11 is 7.33. The number of nitrogens with one attached hydrogen (secondary N) is 1. The molecule has 1 amide bonds. The Morgan fingerprint density at radius 2 is 2.36 bits per heavy atom. The minimum absolute atomic E-state index is 0.244. The Bertz CT molecular complexity index is 301. The lowest BCUT2D eigenvalue weighted by Crippen LogP contribution is -2.17. The molecule has 0 aromatic carbocycles. The smallest absolute Gasteiger partial charge is 0.217 e. The van der Waals surface area contributed by atoms with Gasteiger partial charge in [-0.25, -0.2) is 0 Å². The molecule has 14 heavy (non-hydrogen) atoms. The molecule has 1 aromatic heterocycles. The SMILES string of the molecule is NC(=O)CCCNCc1ccc(Cl)s1. The number of carbonyl (C=O) groups excluding carboxylic acids is 1. The van der Waals surface area contributed by atoms with Gasteiger partial charge >= 0.3 is 0 Å². The molecular formula is C9H13ClN2OS. The Kier molecular flexibility index (Phi) is 4.93. The van der Waals surface area contributed by atoms with Gasteiger partial charge in [0.15, 0.2) is 0 Å². The lowest BCUT2D eigenvalue weighted by molar-refractivity contribution is -0.118. The summed E-state index contributed by atoms with van der Waals surface area (Å²) in [5.41, 5.74) is 5.01. The fourth-order valence-corrected chi connectivity index (χ4v) is 2.10. The van der Waals surface area contributed by atoms with E-state index in [1.54, 1.807) is 11.3 Å². The van der Waals surface area contributed by atoms with Crippen molar-refractivity contribution >= 4 is 28.8 Å². The first-order chi connectivity index (χ1) is 6.68. The van der Waals surface area contributed by atoms with Crippen molar-refractivity contribution in [3.63, 3.8) is 0 Å². The van der Waals surface area contributed by atoms with Crippen LogP contribution in [0.3, 0.4) is 0 Å². The van der Waals surface area contributed by atoms with Crippen LogP contribution in [-0.4, -0.2) is 12.5 Å². The topological polar surface area (TPSA) is 55.1 Å². The molecule has 0 saturated heterocycles. The van der Waals surface area contributed by atoms with E-state index in [4.69, 9.17) is 17.3 Å². The van der Waals surface area contributed by atoms with Crippen LogP contribution >= 0.6 is 22.9 Å². The van der Waals surface area contributed by atoms with Crippen molar-refractivity contribution < 1.29 is 4.79 Å². The molecule has 1 rings (SSSR count). The molecule has 0 saturated carbocycles. The number of carbonyl (C=O) groups is 1. The second-order valence-corrected chi connectivity index (χ2v) is 4.75. The minimum atomic E-state index is -0.244. The third-order valence-corrected chi connectivity index (χ3v) is 2.94. The average Bonchev–Trinajstić information content (AvgIpc) is 2.50. The molecule has 1 heterocycles. The van der Waals surface area contributed by atoms with Gasteiger partial charge in [0.1, 0.15) is 0 Å². The Morgan fingerprint density at radius 3 is 2.93 bits per heavy atom. The molecule has 1 aromatic rings. The summed E-state index contributed by atoms with van der Waals surface area (Å²) in [6, 6.07) is 3.88. The lowest BCUT2D eigenvalue weighted by Gasteiger charge is -2.00. The molecule has 5 heteroatoms. The maximum atomic E-state index is 10.4. The number of rotatable bonds is 6. The first kappa shape index (κ1) is 11.5. The average molecular weight is 233 g/mol. The molecule has 0 aliphatic heterocycles. The first-order valence-corrected chi connectivity index (χ1v) is 5.61. The van der Waals surface area contributed by atoms with Gasteiger partial charge in [-0.05, 0) is 25.1 Å². The first-order valence-electron chi connectivity index (χ1n) is 4.41. The predicted octanol–water partition coefficient (Wildman–Crippen LogP) is 1.76. The zero-order valence-electron chi connectivity index (χ0n) is 7.75. The van der Waals surface area contributed by atoms with Gasteiger partial charge in [-0.15, -0.1) is 11.3 Å². The summed E-state index contributed by atoms with van der Waals surface area (Å²) in [5, 5.41) is 3.21. The molecule has 0 atom stereocenters. The zero-order valence-corrected chi connectivity index (χ0v) is 9.33. The van der Waals surface area contributed by atoms with Crippen molar-refractivity contribution in [2.75, 3.05) is 6.54 Å².